The van der Waals surface area contributed by atoms with Gasteiger partial charge in [-0.05, 0) is 43.9 Å². The van der Waals surface area contributed by atoms with Gasteiger partial charge in [-0.3, -0.25) is 14.5 Å². The van der Waals surface area contributed by atoms with Crippen molar-refractivity contribution in [1.82, 2.24) is 0 Å². The van der Waals surface area contributed by atoms with Gasteiger partial charge in [0, 0.05) is 41.7 Å². The zero-order chi connectivity index (χ0) is 26.0. The van der Waals surface area contributed by atoms with E-state index < -0.39 is 11.4 Å². The summed E-state index contributed by atoms with van der Waals surface area (Å²) in [4.78, 5) is 45.3. The molecule has 0 bridgehead atoms. The number of ether oxygens (including phenoxy) is 1. The minimum Gasteiger partial charge on any atom is -0.462 e. The summed E-state index contributed by atoms with van der Waals surface area (Å²) in [6.45, 7) is 7.87. The molecule has 0 saturated carbocycles. The van der Waals surface area contributed by atoms with E-state index in [1.54, 1.807) is 18.9 Å². The third kappa shape index (κ3) is 3.15. The number of hydrogen-bond donors (Lipinski definition) is 1. The third-order valence-electron chi connectivity index (χ3n) is 7.44. The van der Waals surface area contributed by atoms with Gasteiger partial charge in [-0.15, -0.1) is 0 Å². The smallest absolute Gasteiger partial charge is 0.339 e. The third-order valence-corrected chi connectivity index (χ3v) is 7.44. The van der Waals surface area contributed by atoms with E-state index in [2.05, 4.69) is 0 Å². The number of likely N-dealkylation sites (N-methyl/N-ethyl adjacent to an activating group) is 1. The molecular formula is C29H31N3O4. The van der Waals surface area contributed by atoms with Crippen LogP contribution in [0.4, 0.5) is 11.4 Å². The van der Waals surface area contributed by atoms with Gasteiger partial charge in [0.2, 0.25) is 5.91 Å². The Morgan fingerprint density at radius 2 is 1.72 bits per heavy atom. The van der Waals surface area contributed by atoms with Gasteiger partial charge in [0.1, 0.15) is 16.8 Å². The van der Waals surface area contributed by atoms with Crippen LogP contribution >= 0.6 is 0 Å². The monoisotopic (exact) mass is 485 g/mol. The lowest BCUT2D eigenvalue weighted by molar-refractivity contribution is -0.140. The van der Waals surface area contributed by atoms with Crippen molar-refractivity contribution in [1.29, 1.82) is 0 Å². The lowest BCUT2D eigenvalue weighted by atomic mass is 9.60. The van der Waals surface area contributed by atoms with Crippen LogP contribution in [0, 0.1) is 12.3 Å². The van der Waals surface area contributed by atoms with Crippen LogP contribution in [0.5, 0.6) is 0 Å². The first-order valence-electron chi connectivity index (χ1n) is 12.2. The SMILES string of the molecule is CCOC(=O)C1=C(N)N(c2ccc(C)cc2)C2=C(C(=O)CC(C)(C)C2)C12C(=O)N(C)c1ccccc12. The van der Waals surface area contributed by atoms with Gasteiger partial charge in [-0.25, -0.2) is 4.79 Å². The van der Waals surface area contributed by atoms with E-state index in [-0.39, 0.29) is 41.5 Å². The van der Waals surface area contributed by atoms with E-state index in [9.17, 15) is 14.4 Å². The molecule has 0 aromatic heterocycles. The zero-order valence-corrected chi connectivity index (χ0v) is 21.3. The van der Waals surface area contributed by atoms with Gasteiger partial charge in [-0.1, -0.05) is 49.7 Å². The molecule has 7 nitrogen and oxygen atoms in total. The van der Waals surface area contributed by atoms with E-state index in [4.69, 9.17) is 10.5 Å². The van der Waals surface area contributed by atoms with Crippen molar-refractivity contribution in [2.24, 2.45) is 11.1 Å². The quantitative estimate of drug-likeness (QED) is 0.658. The second-order valence-electron chi connectivity index (χ2n) is 10.5. The standard InChI is InChI=1S/C29H31N3O4/c1-6-36-26(34)24-25(30)32(18-13-11-17(2)12-14-18)21-15-28(3,4)16-22(33)23(21)29(24)19-9-7-8-10-20(19)31(5)27(29)35/h7-14H,6,15-16,30H2,1-5H3. The van der Waals surface area contributed by atoms with Crippen molar-refractivity contribution in [3.05, 3.63) is 82.3 Å². The fourth-order valence-electron chi connectivity index (χ4n) is 5.97. The highest BCUT2D eigenvalue weighted by Gasteiger charge is 2.64. The van der Waals surface area contributed by atoms with Crippen LogP contribution in [0.25, 0.3) is 0 Å². The number of benzene rings is 2. The summed E-state index contributed by atoms with van der Waals surface area (Å²) in [6.07, 6.45) is 0.768. The number of allylic oxidation sites excluding steroid dienone is 1. The first-order valence-corrected chi connectivity index (χ1v) is 12.2. The zero-order valence-electron chi connectivity index (χ0n) is 21.3. The molecule has 2 heterocycles. The molecule has 2 aromatic carbocycles. The van der Waals surface area contributed by atoms with Crippen molar-refractivity contribution in [3.63, 3.8) is 0 Å². The fourth-order valence-corrected chi connectivity index (χ4v) is 5.97. The van der Waals surface area contributed by atoms with Crippen LogP contribution in [-0.4, -0.2) is 31.3 Å². The van der Waals surface area contributed by atoms with Crippen LogP contribution in [0.15, 0.2) is 71.2 Å². The Morgan fingerprint density at radius 3 is 2.39 bits per heavy atom. The van der Waals surface area contributed by atoms with Gasteiger partial charge in [0.05, 0.1) is 6.61 Å². The molecule has 1 amide bonds. The maximum Gasteiger partial charge on any atom is 0.339 e. The number of carbonyl (C=O) groups is 3. The highest BCUT2D eigenvalue weighted by Crippen LogP contribution is 2.58. The number of anilines is 2. The minimum absolute atomic E-state index is 0.00136. The molecular weight excluding hydrogens is 454 g/mol. The normalized spacial score (nSPS) is 22.8. The number of amides is 1. The van der Waals surface area contributed by atoms with Gasteiger partial charge >= 0.3 is 5.97 Å². The highest BCUT2D eigenvalue weighted by molar-refractivity contribution is 6.24. The predicted molar refractivity (Wildman–Crippen MR) is 138 cm³/mol. The van der Waals surface area contributed by atoms with Crippen molar-refractivity contribution in [2.45, 2.75) is 46.0 Å². The Labute approximate surface area is 211 Å². The summed E-state index contributed by atoms with van der Waals surface area (Å²) in [7, 11) is 1.67. The van der Waals surface area contributed by atoms with Crippen LogP contribution in [0.2, 0.25) is 0 Å². The van der Waals surface area contributed by atoms with Crippen molar-refractivity contribution < 1.29 is 19.1 Å². The number of rotatable bonds is 3. The highest BCUT2D eigenvalue weighted by atomic mass is 16.5. The van der Waals surface area contributed by atoms with Crippen LogP contribution in [0.1, 0.15) is 44.7 Å². The molecule has 1 aliphatic carbocycles. The molecule has 186 valence electrons. The van der Waals surface area contributed by atoms with Gasteiger partial charge < -0.3 is 15.4 Å². The number of fused-ring (bicyclic) bond motifs is 3. The van der Waals surface area contributed by atoms with E-state index in [1.165, 1.54) is 4.90 Å². The molecule has 0 fully saturated rings. The number of carbonyl (C=O) groups excluding carboxylic acids is 3. The van der Waals surface area contributed by atoms with Crippen LogP contribution in [0.3, 0.4) is 0 Å². The summed E-state index contributed by atoms with van der Waals surface area (Å²) >= 11 is 0. The first-order chi connectivity index (χ1) is 17.0. The fraction of sp³-hybridized carbons (Fsp3) is 0.345. The summed E-state index contributed by atoms with van der Waals surface area (Å²) < 4.78 is 5.49. The number of esters is 1. The van der Waals surface area contributed by atoms with Crippen LogP contribution in [-0.2, 0) is 24.5 Å². The molecule has 1 spiro atoms. The number of nitrogens with zero attached hydrogens (tertiary/aromatic N) is 2. The van der Waals surface area contributed by atoms with Gasteiger partial charge in [0.25, 0.3) is 0 Å². The number of ketones is 1. The van der Waals surface area contributed by atoms with E-state index in [1.807, 2.05) is 69.3 Å². The minimum atomic E-state index is -1.66. The Bertz CT molecular complexity index is 1370. The molecule has 0 saturated heterocycles. The lowest BCUT2D eigenvalue weighted by Gasteiger charge is -2.47. The molecule has 0 radical (unpaired) electrons. The molecule has 2 N–H and O–H groups in total. The number of aryl methyl sites for hydroxylation is 1. The van der Waals surface area contributed by atoms with E-state index in [0.717, 1.165) is 11.3 Å². The predicted octanol–water partition coefficient (Wildman–Crippen LogP) is 4.11. The molecule has 2 aliphatic heterocycles. The first kappa shape index (κ1) is 23.9. The Hall–Kier alpha value is -3.87. The van der Waals surface area contributed by atoms with Gasteiger partial charge in [0.15, 0.2) is 5.78 Å². The average Bonchev–Trinajstić information content (AvgIpc) is 3.02. The number of nitrogens with two attached hydrogens (primary N) is 1. The lowest BCUT2D eigenvalue weighted by Crippen LogP contribution is -2.55. The summed E-state index contributed by atoms with van der Waals surface area (Å²) in [5, 5.41) is 0. The maximum atomic E-state index is 14.3. The number of hydrogen-bond acceptors (Lipinski definition) is 6. The summed E-state index contributed by atoms with van der Waals surface area (Å²) in [5.74, 6) is -1.13. The van der Waals surface area contributed by atoms with Crippen molar-refractivity contribution in [3.8, 4) is 0 Å². The number of para-hydroxylation sites is 1. The Balaban J connectivity index is 1.93. The van der Waals surface area contributed by atoms with Crippen molar-refractivity contribution >= 4 is 29.0 Å². The molecule has 1 unspecified atom stereocenters. The van der Waals surface area contributed by atoms with E-state index in [0.29, 0.717) is 28.9 Å². The average molecular weight is 486 g/mol. The second-order valence-corrected chi connectivity index (χ2v) is 10.5. The molecule has 3 aliphatic rings. The summed E-state index contributed by atoms with van der Waals surface area (Å²) in [6, 6.07) is 15.0. The molecule has 36 heavy (non-hydrogen) atoms. The Kier molecular flexibility index (Phi) is 5.36. The van der Waals surface area contributed by atoms with Gasteiger partial charge in [-0.2, -0.15) is 0 Å². The molecule has 7 heteroatoms. The number of Topliss-reactive ketones (excluding diaryl/α,β-unsaturated/α-hetero) is 1. The maximum absolute atomic E-state index is 14.3. The molecule has 5 rings (SSSR count). The van der Waals surface area contributed by atoms with E-state index >= 15 is 0 Å². The second kappa shape index (κ2) is 8.08. The topological polar surface area (TPSA) is 92.9 Å². The molecule has 1 atom stereocenters. The Morgan fingerprint density at radius 1 is 1.06 bits per heavy atom. The summed E-state index contributed by atoms with van der Waals surface area (Å²) in [5.41, 5.74) is 8.84. The van der Waals surface area contributed by atoms with Crippen molar-refractivity contribution in [2.75, 3.05) is 23.5 Å². The van der Waals surface area contributed by atoms with Crippen LogP contribution < -0.4 is 15.5 Å². The molecule has 2 aromatic rings. The largest absolute Gasteiger partial charge is 0.462 e.